The lowest BCUT2D eigenvalue weighted by molar-refractivity contribution is 0.0600. The number of carbonyl (C=O) groups is 1. The maximum Gasteiger partial charge on any atom is 0.339 e. The Morgan fingerprint density at radius 1 is 1.28 bits per heavy atom. The minimum absolute atomic E-state index is 0.0498. The van der Waals surface area contributed by atoms with Crippen molar-refractivity contribution in [1.82, 2.24) is 9.29 Å². The number of methoxy groups -OCH3 is 1. The lowest BCUT2D eigenvalue weighted by atomic mass is 10.1. The first-order valence-electron chi connectivity index (χ1n) is 7.24. The van der Waals surface area contributed by atoms with Gasteiger partial charge in [0.1, 0.15) is 0 Å². The molecular formula is C16H16F2N2O4S. The van der Waals surface area contributed by atoms with Crippen LogP contribution >= 0.6 is 0 Å². The summed E-state index contributed by atoms with van der Waals surface area (Å²) in [6, 6.07) is 6.53. The molecule has 1 N–H and O–H groups in total. The number of hydrogen-bond acceptors (Lipinski definition) is 4. The van der Waals surface area contributed by atoms with Crippen LogP contribution in [-0.2, 0) is 29.0 Å². The van der Waals surface area contributed by atoms with Crippen LogP contribution in [-0.4, -0.2) is 37.7 Å². The van der Waals surface area contributed by atoms with E-state index in [1.165, 1.54) is 29.7 Å². The molecule has 1 aromatic heterocycles. The first-order chi connectivity index (χ1) is 11.9. The molecule has 9 heteroatoms. The van der Waals surface area contributed by atoms with Gasteiger partial charge >= 0.3 is 5.97 Å². The molecule has 0 spiro atoms. The molecule has 0 amide bonds. The fraction of sp³-hybridized carbons (Fsp3) is 0.250. The van der Waals surface area contributed by atoms with Crippen LogP contribution in [0.4, 0.5) is 8.78 Å². The third-order valence-electron chi connectivity index (χ3n) is 3.44. The second kappa shape index (κ2) is 8.75. The minimum Gasteiger partial charge on any atom is -0.465 e. The van der Waals surface area contributed by atoms with Crippen molar-refractivity contribution < 1.29 is 27.1 Å². The van der Waals surface area contributed by atoms with Crippen molar-refractivity contribution in [2.75, 3.05) is 13.7 Å². The molecule has 134 valence electrons. The summed E-state index contributed by atoms with van der Waals surface area (Å²) in [6.07, 6.45) is 1.57. The fourth-order valence-corrected chi connectivity index (χ4v) is 2.59. The number of carbonyl (C=O) groups excluding carboxylic acids is 1. The molecular weight excluding hydrogens is 354 g/mol. The molecule has 0 fully saturated rings. The minimum atomic E-state index is -2.27. The maximum atomic E-state index is 13.2. The lowest BCUT2D eigenvalue weighted by Crippen LogP contribution is -2.28. The van der Waals surface area contributed by atoms with E-state index in [0.717, 1.165) is 12.1 Å². The van der Waals surface area contributed by atoms with E-state index < -0.39 is 28.9 Å². The van der Waals surface area contributed by atoms with Crippen LogP contribution in [0.1, 0.15) is 21.6 Å². The highest BCUT2D eigenvalue weighted by Gasteiger charge is 2.14. The second-order valence-corrected chi connectivity index (χ2v) is 6.10. The number of esters is 1. The number of hydrogen-bond donors (Lipinski definition) is 1. The number of nitrogens with zero attached hydrogens (tertiary/aromatic N) is 2. The summed E-state index contributed by atoms with van der Waals surface area (Å²) in [7, 11) is 1.26. The van der Waals surface area contributed by atoms with Gasteiger partial charge < -0.3 is 4.74 Å². The number of rotatable bonds is 7. The quantitative estimate of drug-likeness (QED) is 0.598. The van der Waals surface area contributed by atoms with Gasteiger partial charge in [0.05, 0.1) is 24.9 Å². The van der Waals surface area contributed by atoms with Crippen molar-refractivity contribution in [3.8, 4) is 0 Å². The Kier molecular flexibility index (Phi) is 6.68. The van der Waals surface area contributed by atoms with Crippen LogP contribution in [0.5, 0.6) is 0 Å². The van der Waals surface area contributed by atoms with Gasteiger partial charge in [-0.2, -0.15) is 4.31 Å². The summed E-state index contributed by atoms with van der Waals surface area (Å²) in [5.74, 6) is -2.43. The van der Waals surface area contributed by atoms with Crippen molar-refractivity contribution >= 4 is 17.2 Å². The summed E-state index contributed by atoms with van der Waals surface area (Å²) >= 11 is -2.27. The Bertz CT molecular complexity index is 771. The summed E-state index contributed by atoms with van der Waals surface area (Å²) in [6.45, 7) is 0.183. The van der Waals surface area contributed by atoms with E-state index in [9.17, 15) is 22.3 Å². The lowest BCUT2D eigenvalue weighted by Gasteiger charge is -2.17. The summed E-state index contributed by atoms with van der Waals surface area (Å²) in [5.41, 5.74) is 1.24. The Hall–Kier alpha value is -2.23. The Morgan fingerprint density at radius 2 is 2.04 bits per heavy atom. The molecule has 1 unspecified atom stereocenters. The molecule has 6 nitrogen and oxygen atoms in total. The normalized spacial score (nSPS) is 12.2. The largest absolute Gasteiger partial charge is 0.465 e. The molecule has 0 aliphatic heterocycles. The third-order valence-corrected chi connectivity index (χ3v) is 4.19. The molecule has 0 saturated heterocycles. The topological polar surface area (TPSA) is 79.7 Å². The molecule has 0 bridgehead atoms. The van der Waals surface area contributed by atoms with Crippen LogP contribution in [0, 0.1) is 11.6 Å². The molecule has 25 heavy (non-hydrogen) atoms. The van der Waals surface area contributed by atoms with Gasteiger partial charge in [0, 0.05) is 12.7 Å². The van der Waals surface area contributed by atoms with Gasteiger partial charge in [-0.1, -0.05) is 6.07 Å². The molecule has 0 saturated carbocycles. The number of benzene rings is 1. The van der Waals surface area contributed by atoms with Gasteiger partial charge in [-0.25, -0.2) is 17.8 Å². The standard InChI is InChI=1S/C16H16F2N2O4S/c1-24-16(21)12-3-4-13(19-9-12)10-20(25(22)23)7-6-11-2-5-14(17)15(18)8-11/h2-5,8-9H,6-7,10H2,1H3,(H,22,23). The van der Waals surface area contributed by atoms with Gasteiger partial charge in [-0.15, -0.1) is 0 Å². The third kappa shape index (κ3) is 5.38. The molecule has 2 aromatic rings. The Balaban J connectivity index is 2.01. The second-order valence-electron chi connectivity index (χ2n) is 5.12. The van der Waals surface area contributed by atoms with E-state index in [1.807, 2.05) is 0 Å². The molecule has 0 aliphatic rings. The molecule has 0 aliphatic carbocycles. The van der Waals surface area contributed by atoms with Crippen LogP contribution in [0.25, 0.3) is 0 Å². The zero-order valence-electron chi connectivity index (χ0n) is 13.3. The summed E-state index contributed by atoms with van der Waals surface area (Å²) < 4.78 is 52.7. The number of pyridine rings is 1. The first kappa shape index (κ1) is 19.1. The Morgan fingerprint density at radius 3 is 2.60 bits per heavy atom. The maximum absolute atomic E-state index is 13.2. The van der Waals surface area contributed by atoms with Gasteiger partial charge in [-0.3, -0.25) is 9.54 Å². The van der Waals surface area contributed by atoms with E-state index in [0.29, 0.717) is 11.3 Å². The van der Waals surface area contributed by atoms with Crippen LogP contribution in [0.3, 0.4) is 0 Å². The number of aromatic nitrogens is 1. The molecule has 0 radical (unpaired) electrons. The Labute approximate surface area is 145 Å². The van der Waals surface area contributed by atoms with E-state index in [4.69, 9.17) is 0 Å². The van der Waals surface area contributed by atoms with E-state index in [1.54, 1.807) is 6.07 Å². The average molecular weight is 370 g/mol. The summed E-state index contributed by atoms with van der Waals surface area (Å²) in [4.78, 5) is 15.4. The van der Waals surface area contributed by atoms with Gasteiger partial charge in [-0.05, 0) is 36.2 Å². The molecule has 1 atom stereocenters. The van der Waals surface area contributed by atoms with Crippen molar-refractivity contribution in [3.05, 3.63) is 65.0 Å². The van der Waals surface area contributed by atoms with Crippen molar-refractivity contribution in [2.45, 2.75) is 13.0 Å². The highest BCUT2D eigenvalue weighted by Crippen LogP contribution is 2.12. The first-order valence-corrected chi connectivity index (χ1v) is 8.30. The van der Waals surface area contributed by atoms with E-state index in [-0.39, 0.29) is 25.1 Å². The molecule has 2 rings (SSSR count). The van der Waals surface area contributed by atoms with Gasteiger partial charge in [0.15, 0.2) is 11.6 Å². The zero-order chi connectivity index (χ0) is 18.4. The highest BCUT2D eigenvalue weighted by atomic mass is 32.2. The predicted octanol–water partition coefficient (Wildman–Crippen LogP) is 2.33. The fourth-order valence-electron chi connectivity index (χ4n) is 2.10. The number of ether oxygens (including phenoxy) is 1. The number of halogens is 2. The van der Waals surface area contributed by atoms with Crippen LogP contribution < -0.4 is 0 Å². The van der Waals surface area contributed by atoms with Gasteiger partial charge in [0.25, 0.3) is 0 Å². The van der Waals surface area contributed by atoms with Crippen LogP contribution in [0.15, 0.2) is 36.5 Å². The highest BCUT2D eigenvalue weighted by molar-refractivity contribution is 7.76. The van der Waals surface area contributed by atoms with Crippen molar-refractivity contribution in [1.29, 1.82) is 0 Å². The van der Waals surface area contributed by atoms with Crippen molar-refractivity contribution in [3.63, 3.8) is 0 Å². The van der Waals surface area contributed by atoms with E-state index >= 15 is 0 Å². The monoisotopic (exact) mass is 370 g/mol. The molecule has 1 heterocycles. The smallest absolute Gasteiger partial charge is 0.339 e. The van der Waals surface area contributed by atoms with Crippen molar-refractivity contribution in [2.24, 2.45) is 0 Å². The zero-order valence-corrected chi connectivity index (χ0v) is 14.1. The molecule has 1 aromatic carbocycles. The van der Waals surface area contributed by atoms with Crippen LogP contribution in [0.2, 0.25) is 0 Å². The predicted molar refractivity (Wildman–Crippen MR) is 86.8 cm³/mol. The SMILES string of the molecule is COC(=O)c1ccc(CN(CCc2ccc(F)c(F)c2)S(=O)O)nc1. The van der Waals surface area contributed by atoms with E-state index in [2.05, 4.69) is 9.72 Å². The van der Waals surface area contributed by atoms with Gasteiger partial charge in [0.2, 0.25) is 11.3 Å². The summed E-state index contributed by atoms with van der Waals surface area (Å²) in [5, 5.41) is 0. The average Bonchev–Trinajstić information content (AvgIpc) is 2.61.